The van der Waals surface area contributed by atoms with E-state index in [0.717, 1.165) is 5.56 Å². The molecule has 0 saturated carbocycles. The Morgan fingerprint density at radius 2 is 1.57 bits per heavy atom. The minimum absolute atomic E-state index is 0.0434. The zero-order valence-corrected chi connectivity index (χ0v) is 27.9. The molecular weight excluding hydrogens is 732 g/mol. The summed E-state index contributed by atoms with van der Waals surface area (Å²) in [7, 11) is -4.24. The first kappa shape index (κ1) is 32.1. The number of amides is 1. The zero-order chi connectivity index (χ0) is 31.4. The molecule has 4 aromatic carbocycles. The molecule has 0 saturated heterocycles. The van der Waals surface area contributed by atoms with Gasteiger partial charge in [-0.2, -0.15) is 4.31 Å². The van der Waals surface area contributed by atoms with Crippen LogP contribution in [0.1, 0.15) is 35.2 Å². The third kappa shape index (κ3) is 7.16. The van der Waals surface area contributed by atoms with E-state index < -0.39 is 40.0 Å². The molecule has 44 heavy (non-hydrogen) atoms. The second-order valence-corrected chi connectivity index (χ2v) is 14.4. The van der Waals surface area contributed by atoms with E-state index in [4.69, 9.17) is 11.6 Å². The molecule has 2 unspecified atom stereocenters. The van der Waals surface area contributed by atoms with Crippen LogP contribution in [-0.2, 0) is 26.0 Å². The Kier molecular flexibility index (Phi) is 10.1. The summed E-state index contributed by atoms with van der Waals surface area (Å²) in [6.45, 7) is 0. The highest BCUT2D eigenvalue weighted by molar-refractivity contribution is 9.10. The van der Waals surface area contributed by atoms with Gasteiger partial charge >= 0.3 is 5.97 Å². The Hall–Kier alpha value is -3.28. The van der Waals surface area contributed by atoms with Crippen molar-refractivity contribution in [1.29, 1.82) is 0 Å². The summed E-state index contributed by atoms with van der Waals surface area (Å²) >= 11 is 13.2. The maximum atomic E-state index is 14.6. The lowest BCUT2D eigenvalue weighted by Crippen LogP contribution is -2.48. The van der Waals surface area contributed by atoms with Crippen LogP contribution in [-0.4, -0.2) is 35.7 Å². The summed E-state index contributed by atoms with van der Waals surface area (Å²) < 4.78 is 31.9. The van der Waals surface area contributed by atoms with Gasteiger partial charge in [0, 0.05) is 26.0 Å². The van der Waals surface area contributed by atoms with Crippen molar-refractivity contribution < 1.29 is 23.1 Å². The highest BCUT2D eigenvalue weighted by atomic mass is 79.9. The number of halogens is 3. The molecule has 0 aromatic heterocycles. The molecular formula is C33H27Br2ClN2O5S. The Labute approximate surface area is 277 Å². The van der Waals surface area contributed by atoms with Gasteiger partial charge in [0.05, 0.1) is 17.0 Å². The predicted molar refractivity (Wildman–Crippen MR) is 177 cm³/mol. The molecule has 0 spiro atoms. The van der Waals surface area contributed by atoms with Gasteiger partial charge in [0.1, 0.15) is 6.04 Å². The largest absolute Gasteiger partial charge is 0.480 e. The first-order valence-corrected chi connectivity index (χ1v) is 17.0. The normalized spacial score (nSPS) is 17.8. The number of rotatable bonds is 9. The van der Waals surface area contributed by atoms with E-state index in [9.17, 15) is 23.1 Å². The fourth-order valence-corrected chi connectivity index (χ4v) is 7.97. The van der Waals surface area contributed by atoms with Crippen LogP contribution in [0.3, 0.4) is 0 Å². The highest BCUT2D eigenvalue weighted by Crippen LogP contribution is 2.46. The second kappa shape index (κ2) is 13.8. The monoisotopic (exact) mass is 756 g/mol. The van der Waals surface area contributed by atoms with Crippen molar-refractivity contribution >= 4 is 65.4 Å². The lowest BCUT2D eigenvalue weighted by molar-refractivity contribution is -0.141. The van der Waals surface area contributed by atoms with E-state index in [1.807, 2.05) is 6.07 Å². The van der Waals surface area contributed by atoms with Gasteiger partial charge in [-0.25, -0.2) is 13.2 Å². The van der Waals surface area contributed by atoms with Crippen LogP contribution in [0, 0.1) is 0 Å². The Morgan fingerprint density at radius 1 is 0.886 bits per heavy atom. The fraction of sp³-hybridized carbons (Fsp3) is 0.152. The van der Waals surface area contributed by atoms with Crippen LogP contribution in [0.2, 0.25) is 5.02 Å². The molecule has 0 radical (unpaired) electrons. The third-order valence-electron chi connectivity index (χ3n) is 7.35. The first-order chi connectivity index (χ1) is 21.0. The number of nitrogens with zero attached hydrogens (tertiary/aromatic N) is 1. The van der Waals surface area contributed by atoms with Crippen molar-refractivity contribution in [3.05, 3.63) is 145 Å². The smallest absolute Gasteiger partial charge is 0.326 e. The molecule has 0 fully saturated rings. The lowest BCUT2D eigenvalue weighted by Gasteiger charge is -2.41. The topological polar surface area (TPSA) is 104 Å². The van der Waals surface area contributed by atoms with E-state index in [1.165, 1.54) is 16.4 Å². The summed E-state index contributed by atoms with van der Waals surface area (Å²) in [6, 6.07) is 26.3. The molecule has 3 atom stereocenters. The summed E-state index contributed by atoms with van der Waals surface area (Å²) in [5.74, 6) is -1.87. The minimum atomic E-state index is -4.24. The SMILES string of the molecule is O=C(N[C@@H](Cc1ccccc1)C(=O)O)C1=CCC(c2cccc(Cl)c2)N(S(=O)(=O)c2ccc(Br)cc2)C1c1cccc(Br)c1. The van der Waals surface area contributed by atoms with Crippen molar-refractivity contribution in [2.75, 3.05) is 0 Å². The standard InChI is InChI=1S/C33H27Br2ClN2O5S/c34-24-12-14-27(15-13-24)44(42,43)38-30(22-8-5-11-26(36)20-22)17-16-28(31(38)23-9-4-10-25(35)19-23)32(39)37-29(33(40)41)18-21-6-2-1-3-7-21/h1-16,19-20,29-31H,17-18H2,(H,37,39)(H,40,41)/t29-,30?,31?/m0/s1. The highest BCUT2D eigenvalue weighted by Gasteiger charge is 2.45. The van der Waals surface area contributed by atoms with Crippen LogP contribution in [0.15, 0.2) is 129 Å². The van der Waals surface area contributed by atoms with Crippen LogP contribution in [0.4, 0.5) is 0 Å². The quantitative estimate of drug-likeness (QED) is 0.184. The van der Waals surface area contributed by atoms with Gasteiger partial charge in [-0.1, -0.05) is 104 Å². The predicted octanol–water partition coefficient (Wildman–Crippen LogP) is 7.48. The maximum absolute atomic E-state index is 14.6. The van der Waals surface area contributed by atoms with Gasteiger partial charge < -0.3 is 10.4 Å². The number of hydrogen-bond acceptors (Lipinski definition) is 4. The summed E-state index contributed by atoms with van der Waals surface area (Å²) in [4.78, 5) is 26.3. The third-order valence-corrected chi connectivity index (χ3v) is 10.5. The number of sulfonamides is 1. The molecule has 0 aliphatic carbocycles. The van der Waals surface area contributed by atoms with Gasteiger partial charge in [0.25, 0.3) is 0 Å². The number of hydrogen-bond donors (Lipinski definition) is 2. The minimum Gasteiger partial charge on any atom is -0.480 e. The van der Waals surface area contributed by atoms with E-state index in [1.54, 1.807) is 91.0 Å². The summed E-state index contributed by atoms with van der Waals surface area (Å²) in [5, 5.41) is 13.1. The summed E-state index contributed by atoms with van der Waals surface area (Å²) in [5.41, 5.74) is 2.05. The Bertz CT molecular complexity index is 1820. The summed E-state index contributed by atoms with van der Waals surface area (Å²) in [6.07, 6.45) is 1.91. The second-order valence-electron chi connectivity index (χ2n) is 10.3. The van der Waals surface area contributed by atoms with E-state index in [-0.39, 0.29) is 23.3 Å². The van der Waals surface area contributed by atoms with Gasteiger partial charge in [-0.3, -0.25) is 4.79 Å². The van der Waals surface area contributed by atoms with Crippen molar-refractivity contribution in [2.45, 2.75) is 35.9 Å². The number of carbonyl (C=O) groups is 2. The average Bonchev–Trinajstić information content (AvgIpc) is 3.00. The number of benzene rings is 4. The van der Waals surface area contributed by atoms with Gasteiger partial charge in [0.15, 0.2) is 0 Å². The van der Waals surface area contributed by atoms with Gasteiger partial charge in [0.2, 0.25) is 15.9 Å². The number of aliphatic carboxylic acids is 1. The van der Waals surface area contributed by atoms with E-state index in [0.29, 0.717) is 25.1 Å². The molecule has 1 amide bonds. The molecule has 1 aliphatic rings. The first-order valence-electron chi connectivity index (χ1n) is 13.6. The van der Waals surface area contributed by atoms with E-state index in [2.05, 4.69) is 37.2 Å². The molecule has 1 aliphatic heterocycles. The Morgan fingerprint density at radius 3 is 2.23 bits per heavy atom. The van der Waals surface area contributed by atoms with Gasteiger partial charge in [-0.15, -0.1) is 0 Å². The van der Waals surface area contributed by atoms with Crippen LogP contribution < -0.4 is 5.32 Å². The molecule has 4 aromatic rings. The Balaban J connectivity index is 1.65. The van der Waals surface area contributed by atoms with Crippen molar-refractivity contribution in [2.24, 2.45) is 0 Å². The van der Waals surface area contributed by atoms with Gasteiger partial charge in [-0.05, 0) is 71.6 Å². The van der Waals surface area contributed by atoms with Crippen molar-refractivity contribution in [3.63, 3.8) is 0 Å². The van der Waals surface area contributed by atoms with E-state index >= 15 is 0 Å². The molecule has 0 bridgehead atoms. The van der Waals surface area contributed by atoms with Crippen LogP contribution in [0.25, 0.3) is 0 Å². The fourth-order valence-electron chi connectivity index (χ4n) is 5.31. The number of carboxylic acids is 1. The van der Waals surface area contributed by atoms with Crippen molar-refractivity contribution in [1.82, 2.24) is 9.62 Å². The zero-order valence-electron chi connectivity index (χ0n) is 23.1. The molecule has 226 valence electrons. The number of nitrogens with one attached hydrogen (secondary N) is 1. The van der Waals surface area contributed by atoms with Crippen LogP contribution >= 0.6 is 43.5 Å². The molecule has 1 heterocycles. The maximum Gasteiger partial charge on any atom is 0.326 e. The number of carboxylic acid groups (broad SMARTS) is 1. The van der Waals surface area contributed by atoms with Crippen molar-refractivity contribution in [3.8, 4) is 0 Å². The number of carbonyl (C=O) groups excluding carboxylic acids is 1. The van der Waals surface area contributed by atoms with Crippen LogP contribution in [0.5, 0.6) is 0 Å². The molecule has 11 heteroatoms. The molecule has 7 nitrogen and oxygen atoms in total. The molecule has 2 N–H and O–H groups in total. The average molecular weight is 759 g/mol. The lowest BCUT2D eigenvalue weighted by atomic mass is 9.88. The molecule has 5 rings (SSSR count).